The second-order valence-electron chi connectivity index (χ2n) is 7.35. The van der Waals surface area contributed by atoms with Crippen molar-refractivity contribution in [3.63, 3.8) is 0 Å². The summed E-state index contributed by atoms with van der Waals surface area (Å²) in [7, 11) is 0. The highest BCUT2D eigenvalue weighted by molar-refractivity contribution is 5.97. The second-order valence-corrected chi connectivity index (χ2v) is 7.35. The van der Waals surface area contributed by atoms with Gasteiger partial charge in [-0.3, -0.25) is 14.5 Å². The Balaban J connectivity index is 1.45. The molecule has 1 atom stereocenters. The number of rotatable bonds is 6. The Morgan fingerprint density at radius 3 is 2.19 bits per heavy atom. The number of amides is 2. The highest BCUT2D eigenvalue weighted by Crippen LogP contribution is 2.23. The van der Waals surface area contributed by atoms with Crippen molar-refractivity contribution >= 4 is 11.8 Å². The second kappa shape index (κ2) is 9.82. The van der Waals surface area contributed by atoms with Gasteiger partial charge in [0.15, 0.2) is 0 Å². The SMILES string of the molecule is CC(NC(=O)c1ccccc1)C(=O)N1CCN(Cc2ccc(OC(F)(F)F)cc2)CC1. The van der Waals surface area contributed by atoms with Crippen LogP contribution in [0.2, 0.25) is 0 Å². The lowest BCUT2D eigenvalue weighted by molar-refractivity contribution is -0.274. The molecule has 1 unspecified atom stereocenters. The van der Waals surface area contributed by atoms with Crippen LogP contribution >= 0.6 is 0 Å². The van der Waals surface area contributed by atoms with Crippen molar-refractivity contribution in [2.75, 3.05) is 26.2 Å². The minimum Gasteiger partial charge on any atom is -0.406 e. The molecular weight excluding hydrogens is 411 g/mol. The van der Waals surface area contributed by atoms with E-state index in [1.54, 1.807) is 48.2 Å². The number of alkyl halides is 3. The normalized spacial score (nSPS) is 15.9. The first-order valence-electron chi connectivity index (χ1n) is 9.93. The van der Waals surface area contributed by atoms with Crippen molar-refractivity contribution in [2.24, 2.45) is 0 Å². The van der Waals surface area contributed by atoms with Crippen LogP contribution in [0.5, 0.6) is 5.75 Å². The molecule has 1 aliphatic heterocycles. The maximum absolute atomic E-state index is 12.7. The standard InChI is InChI=1S/C22H24F3N3O3/c1-16(26-20(29)18-5-3-2-4-6-18)21(30)28-13-11-27(12-14-28)15-17-7-9-19(10-8-17)31-22(23,24)25/h2-10,16H,11-15H2,1H3,(H,26,29). The lowest BCUT2D eigenvalue weighted by Gasteiger charge is -2.36. The summed E-state index contributed by atoms with van der Waals surface area (Å²) >= 11 is 0. The molecule has 2 aromatic rings. The fraction of sp³-hybridized carbons (Fsp3) is 0.364. The largest absolute Gasteiger partial charge is 0.573 e. The molecule has 1 heterocycles. The van der Waals surface area contributed by atoms with Crippen molar-refractivity contribution in [2.45, 2.75) is 25.9 Å². The van der Waals surface area contributed by atoms with Crippen LogP contribution in [0.4, 0.5) is 13.2 Å². The van der Waals surface area contributed by atoms with Gasteiger partial charge in [-0.15, -0.1) is 13.2 Å². The molecule has 0 bridgehead atoms. The fourth-order valence-electron chi connectivity index (χ4n) is 3.39. The maximum Gasteiger partial charge on any atom is 0.573 e. The Labute approximate surface area is 178 Å². The van der Waals surface area contributed by atoms with Crippen molar-refractivity contribution in [3.05, 3.63) is 65.7 Å². The molecule has 166 valence electrons. The Morgan fingerprint density at radius 2 is 1.61 bits per heavy atom. The topological polar surface area (TPSA) is 61.9 Å². The van der Waals surface area contributed by atoms with Crippen molar-refractivity contribution in [3.8, 4) is 5.75 Å². The molecule has 2 amide bonds. The van der Waals surface area contributed by atoms with Crippen LogP contribution in [0, 0.1) is 0 Å². The lowest BCUT2D eigenvalue weighted by Crippen LogP contribution is -2.53. The van der Waals surface area contributed by atoms with Crippen LogP contribution in [0.1, 0.15) is 22.8 Å². The van der Waals surface area contributed by atoms with E-state index in [4.69, 9.17) is 0 Å². The number of benzene rings is 2. The monoisotopic (exact) mass is 435 g/mol. The predicted molar refractivity (Wildman–Crippen MR) is 108 cm³/mol. The molecule has 1 N–H and O–H groups in total. The van der Waals surface area contributed by atoms with Gasteiger partial charge in [0.25, 0.3) is 5.91 Å². The van der Waals surface area contributed by atoms with Crippen molar-refractivity contribution in [1.82, 2.24) is 15.1 Å². The average Bonchev–Trinajstić information content (AvgIpc) is 2.74. The quantitative estimate of drug-likeness (QED) is 0.758. The summed E-state index contributed by atoms with van der Waals surface area (Å²) in [5, 5.41) is 2.73. The molecule has 1 saturated heterocycles. The number of hydrogen-bond donors (Lipinski definition) is 1. The fourth-order valence-corrected chi connectivity index (χ4v) is 3.39. The highest BCUT2D eigenvalue weighted by Gasteiger charge is 2.31. The summed E-state index contributed by atoms with van der Waals surface area (Å²) in [6.45, 7) is 4.52. The van der Waals surface area contributed by atoms with Gasteiger partial charge < -0.3 is 15.0 Å². The molecule has 31 heavy (non-hydrogen) atoms. The van der Waals surface area contributed by atoms with Gasteiger partial charge in [-0.25, -0.2) is 0 Å². The van der Waals surface area contributed by atoms with E-state index in [1.807, 2.05) is 6.07 Å². The van der Waals surface area contributed by atoms with E-state index >= 15 is 0 Å². The van der Waals surface area contributed by atoms with Gasteiger partial charge in [-0.2, -0.15) is 0 Å². The third-order valence-electron chi connectivity index (χ3n) is 5.00. The number of halogens is 3. The van der Waals surface area contributed by atoms with Gasteiger partial charge in [-0.1, -0.05) is 30.3 Å². The highest BCUT2D eigenvalue weighted by atomic mass is 19.4. The summed E-state index contributed by atoms with van der Waals surface area (Å²) < 4.78 is 40.6. The number of carbonyl (C=O) groups excluding carboxylic acids is 2. The molecular formula is C22H24F3N3O3. The first-order valence-corrected chi connectivity index (χ1v) is 9.93. The van der Waals surface area contributed by atoms with Crippen LogP contribution in [0.15, 0.2) is 54.6 Å². The molecule has 0 spiro atoms. The number of nitrogens with one attached hydrogen (secondary N) is 1. The van der Waals surface area contributed by atoms with Crippen LogP contribution in [0.25, 0.3) is 0 Å². The summed E-state index contributed by atoms with van der Waals surface area (Å²) in [5.41, 5.74) is 1.36. The summed E-state index contributed by atoms with van der Waals surface area (Å²) in [6, 6.07) is 13.9. The number of nitrogens with zero attached hydrogens (tertiary/aromatic N) is 2. The maximum atomic E-state index is 12.7. The van der Waals surface area contributed by atoms with E-state index in [0.29, 0.717) is 38.3 Å². The molecule has 9 heteroatoms. The van der Waals surface area contributed by atoms with E-state index < -0.39 is 12.4 Å². The Kier molecular flexibility index (Phi) is 7.17. The molecule has 3 rings (SSSR count). The Hall–Kier alpha value is -3.07. The Morgan fingerprint density at radius 1 is 1.00 bits per heavy atom. The van der Waals surface area contributed by atoms with Gasteiger partial charge >= 0.3 is 6.36 Å². The smallest absolute Gasteiger partial charge is 0.406 e. The van der Waals surface area contributed by atoms with Crippen LogP contribution < -0.4 is 10.1 Å². The zero-order valence-electron chi connectivity index (χ0n) is 17.1. The molecule has 6 nitrogen and oxygen atoms in total. The molecule has 2 aromatic carbocycles. The van der Waals surface area contributed by atoms with E-state index in [-0.39, 0.29) is 17.6 Å². The minimum atomic E-state index is -4.71. The third kappa shape index (κ3) is 6.71. The zero-order chi connectivity index (χ0) is 22.4. The van der Waals surface area contributed by atoms with Gasteiger partial charge in [0, 0.05) is 38.3 Å². The van der Waals surface area contributed by atoms with E-state index in [1.165, 1.54) is 12.1 Å². The summed E-state index contributed by atoms with van der Waals surface area (Å²) in [6.07, 6.45) is -4.71. The third-order valence-corrected chi connectivity index (χ3v) is 5.00. The first-order chi connectivity index (χ1) is 14.7. The molecule has 0 radical (unpaired) electrons. The van der Waals surface area contributed by atoms with E-state index in [2.05, 4.69) is 15.0 Å². The van der Waals surface area contributed by atoms with Gasteiger partial charge in [0.05, 0.1) is 0 Å². The van der Waals surface area contributed by atoms with E-state index in [9.17, 15) is 22.8 Å². The van der Waals surface area contributed by atoms with Gasteiger partial charge in [0.2, 0.25) is 5.91 Å². The number of piperazine rings is 1. The van der Waals surface area contributed by atoms with Crippen LogP contribution in [-0.4, -0.2) is 60.2 Å². The van der Waals surface area contributed by atoms with Gasteiger partial charge in [0.1, 0.15) is 11.8 Å². The zero-order valence-corrected chi connectivity index (χ0v) is 17.1. The van der Waals surface area contributed by atoms with Crippen molar-refractivity contribution in [1.29, 1.82) is 0 Å². The van der Waals surface area contributed by atoms with E-state index in [0.717, 1.165) is 5.56 Å². The number of carbonyl (C=O) groups is 2. The lowest BCUT2D eigenvalue weighted by atomic mass is 10.1. The molecule has 1 fully saturated rings. The predicted octanol–water partition coefficient (Wildman–Crippen LogP) is 3.05. The van der Waals surface area contributed by atoms with Gasteiger partial charge in [-0.05, 0) is 36.8 Å². The molecule has 0 aliphatic carbocycles. The van der Waals surface area contributed by atoms with Crippen LogP contribution in [-0.2, 0) is 11.3 Å². The molecule has 1 aliphatic rings. The Bertz CT molecular complexity index is 880. The number of ether oxygens (including phenoxy) is 1. The first kappa shape index (κ1) is 22.6. The summed E-state index contributed by atoms with van der Waals surface area (Å²) in [5.74, 6) is -0.686. The molecule has 0 aromatic heterocycles. The summed E-state index contributed by atoms with van der Waals surface area (Å²) in [4.78, 5) is 28.7. The average molecular weight is 435 g/mol. The van der Waals surface area contributed by atoms with Crippen molar-refractivity contribution < 1.29 is 27.5 Å². The van der Waals surface area contributed by atoms with Crippen LogP contribution in [0.3, 0.4) is 0 Å². The number of hydrogen-bond acceptors (Lipinski definition) is 4. The molecule has 0 saturated carbocycles. The minimum absolute atomic E-state index is 0.141.